The number of aliphatic carboxylic acids is 4. The molecule has 0 amide bonds. The molecule has 0 rings (SSSR count). The summed E-state index contributed by atoms with van der Waals surface area (Å²) in [5.41, 5.74) is 0. The van der Waals surface area contributed by atoms with Gasteiger partial charge in [0, 0.05) is 24.8 Å². The van der Waals surface area contributed by atoms with Crippen molar-refractivity contribution >= 4 is 23.9 Å². The molecule has 0 saturated carbocycles. The van der Waals surface area contributed by atoms with Gasteiger partial charge < -0.3 is 49.8 Å². The minimum atomic E-state index is -1.96. The monoisotopic (exact) mass is 276 g/mol. The first-order valence-corrected chi connectivity index (χ1v) is 4.25. The fourth-order valence-corrected chi connectivity index (χ4v) is 0.482. The van der Waals surface area contributed by atoms with Crippen molar-refractivity contribution < 1.29 is 49.8 Å². The van der Waals surface area contributed by atoms with Crippen LogP contribution in [0.1, 0.15) is 12.8 Å². The average Bonchev–Trinajstić information content (AvgIpc) is 2.16. The second-order valence-corrected chi connectivity index (χ2v) is 2.82. The van der Waals surface area contributed by atoms with Gasteiger partial charge >= 0.3 is 7.43 Å². The predicted octanol–water partition coefficient (Wildman–Crippen LogP) is -7.44. The van der Waals surface area contributed by atoms with Gasteiger partial charge in [0.2, 0.25) is 0 Å². The van der Waals surface area contributed by atoms with E-state index in [-0.39, 0.29) is 7.43 Å². The molecule has 0 aromatic carbocycles. The summed E-state index contributed by atoms with van der Waals surface area (Å²) in [7, 11) is 0. The molecule has 0 bridgehead atoms. The van der Waals surface area contributed by atoms with Crippen LogP contribution in [0, 0.1) is 7.43 Å². The molecule has 19 heavy (non-hydrogen) atoms. The zero-order chi connectivity index (χ0) is 14.9. The fraction of sp³-hybridized carbons (Fsp3) is 0.444. The number of carbonyl (C=O) groups excluding carboxylic acids is 4. The van der Waals surface area contributed by atoms with Crippen LogP contribution in [-0.2, 0) is 19.2 Å². The summed E-state index contributed by atoms with van der Waals surface area (Å²) in [4.78, 5) is 38.3. The smallest absolute Gasteiger partial charge is 0.550 e. The fourth-order valence-electron chi connectivity index (χ4n) is 0.482. The van der Waals surface area contributed by atoms with Crippen molar-refractivity contribution in [2.75, 3.05) is 0 Å². The van der Waals surface area contributed by atoms with Crippen molar-refractivity contribution in [1.29, 1.82) is 0 Å². The zero-order valence-electron chi connectivity index (χ0n) is 9.23. The van der Waals surface area contributed by atoms with Crippen LogP contribution in [0.15, 0.2) is 0 Å². The van der Waals surface area contributed by atoms with Crippen LogP contribution in [0.3, 0.4) is 0 Å². The third-order valence-corrected chi connectivity index (χ3v) is 1.26. The average molecular weight is 276 g/mol. The van der Waals surface area contributed by atoms with Gasteiger partial charge in [0.25, 0.3) is 0 Å². The number of hydrogen-bond donors (Lipinski definition) is 2. The first kappa shape index (κ1) is 22.0. The molecule has 0 fully saturated rings. The molecule has 2 unspecified atom stereocenters. The number of carboxylic acids is 4. The zero-order valence-corrected chi connectivity index (χ0v) is 9.23. The van der Waals surface area contributed by atoms with E-state index in [4.69, 9.17) is 10.2 Å². The van der Waals surface area contributed by atoms with Gasteiger partial charge in [-0.3, -0.25) is 0 Å². The number of hydrogen-bond acceptors (Lipinski definition) is 10. The summed E-state index contributed by atoms with van der Waals surface area (Å²) >= 11 is 0. The van der Waals surface area contributed by atoms with Crippen molar-refractivity contribution in [3.63, 3.8) is 0 Å². The molecule has 2 atom stereocenters. The molecule has 0 radical (unpaired) electrons. The Labute approximate surface area is 107 Å². The minimum Gasteiger partial charge on any atom is -0.550 e. The molecule has 2 N–H and O–H groups in total. The van der Waals surface area contributed by atoms with E-state index in [0.717, 1.165) is 0 Å². The molecule has 10 heteroatoms. The van der Waals surface area contributed by atoms with Crippen molar-refractivity contribution in [2.45, 2.75) is 25.0 Å². The third-order valence-electron chi connectivity index (χ3n) is 1.26. The van der Waals surface area contributed by atoms with Crippen molar-refractivity contribution in [1.82, 2.24) is 0 Å². The van der Waals surface area contributed by atoms with Crippen LogP contribution in [0.2, 0.25) is 0 Å². The van der Waals surface area contributed by atoms with Gasteiger partial charge in [0.05, 0.1) is 24.1 Å². The standard InChI is InChI=1S/2C4H6O5.C/c2*5-2(4(8)9)1-3(6)7;/h2*2,5H,1H2,(H,6,7)(H,8,9);/q;;+4/p-4. The molecule has 0 aromatic heterocycles. The maximum atomic E-state index is 9.58. The maximum Gasteiger partial charge on any atom is 4.00 e. The van der Waals surface area contributed by atoms with Gasteiger partial charge in [-0.15, -0.1) is 0 Å². The Balaban J connectivity index is -0.000000256. The Bertz CT molecular complexity index is 291. The van der Waals surface area contributed by atoms with Gasteiger partial charge in [-0.25, -0.2) is 0 Å². The van der Waals surface area contributed by atoms with Crippen LogP contribution in [0.5, 0.6) is 0 Å². The molecule has 10 nitrogen and oxygen atoms in total. The van der Waals surface area contributed by atoms with Crippen LogP contribution in [0.25, 0.3) is 0 Å². The van der Waals surface area contributed by atoms with Crippen LogP contribution < -0.4 is 20.4 Å². The van der Waals surface area contributed by atoms with Gasteiger partial charge in [0.1, 0.15) is 0 Å². The van der Waals surface area contributed by atoms with E-state index in [0.29, 0.717) is 0 Å². The van der Waals surface area contributed by atoms with E-state index in [2.05, 4.69) is 0 Å². The molecule has 0 saturated heterocycles. The summed E-state index contributed by atoms with van der Waals surface area (Å²) in [6, 6.07) is 0. The van der Waals surface area contributed by atoms with E-state index in [9.17, 15) is 39.6 Å². The minimum absolute atomic E-state index is 0. The summed E-state index contributed by atoms with van der Waals surface area (Å²) in [6.45, 7) is 0. The summed E-state index contributed by atoms with van der Waals surface area (Å²) in [5.74, 6) is -6.85. The molecule has 104 valence electrons. The SMILES string of the molecule is O=C([O-])CC(O)C(=O)[O-].O=C([O-])CC(O)C(=O)[O-].[C+4]. The Morgan fingerprint density at radius 3 is 1.00 bits per heavy atom. The number of carboxylic acid groups (broad SMARTS) is 4. The molecule has 0 heterocycles. The molecule has 0 aliphatic carbocycles. The first-order valence-electron chi connectivity index (χ1n) is 4.25. The van der Waals surface area contributed by atoms with E-state index in [1.165, 1.54) is 0 Å². The quantitative estimate of drug-likeness (QED) is 0.469. The molecular formula is C9H8O10. The Morgan fingerprint density at radius 2 is 0.947 bits per heavy atom. The molecular weight excluding hydrogens is 268 g/mol. The van der Waals surface area contributed by atoms with Crippen molar-refractivity contribution in [3.05, 3.63) is 7.43 Å². The van der Waals surface area contributed by atoms with Gasteiger partial charge in [0.15, 0.2) is 0 Å². The first-order chi connectivity index (χ1) is 8.07. The molecule has 0 aliphatic heterocycles. The van der Waals surface area contributed by atoms with Gasteiger partial charge in [-0.05, 0) is 0 Å². The second kappa shape index (κ2) is 10.9. The largest absolute Gasteiger partial charge is 4.00 e. The number of rotatable bonds is 6. The molecule has 0 aliphatic rings. The van der Waals surface area contributed by atoms with Gasteiger partial charge in [-0.1, -0.05) is 0 Å². The normalized spacial score (nSPS) is 11.9. The maximum absolute atomic E-state index is 9.58. The van der Waals surface area contributed by atoms with E-state index in [1.54, 1.807) is 0 Å². The summed E-state index contributed by atoms with van der Waals surface area (Å²) in [5, 5.41) is 54.7. The van der Waals surface area contributed by atoms with E-state index in [1.807, 2.05) is 0 Å². The summed E-state index contributed by atoms with van der Waals surface area (Å²) in [6.07, 6.45) is -5.78. The number of aliphatic hydroxyl groups excluding tert-OH is 2. The second-order valence-electron chi connectivity index (χ2n) is 2.82. The summed E-state index contributed by atoms with van der Waals surface area (Å²) < 4.78 is 0. The molecule has 0 spiro atoms. The van der Waals surface area contributed by atoms with Crippen LogP contribution in [-0.4, -0.2) is 46.3 Å². The third kappa shape index (κ3) is 15.8. The topological polar surface area (TPSA) is 201 Å². The van der Waals surface area contributed by atoms with Crippen molar-refractivity contribution in [2.24, 2.45) is 0 Å². The van der Waals surface area contributed by atoms with Crippen LogP contribution >= 0.6 is 0 Å². The predicted molar refractivity (Wildman–Crippen MR) is 44.5 cm³/mol. The van der Waals surface area contributed by atoms with Gasteiger partial charge in [-0.2, -0.15) is 0 Å². The van der Waals surface area contributed by atoms with Crippen molar-refractivity contribution in [3.8, 4) is 0 Å². The molecule has 0 aromatic rings. The Morgan fingerprint density at radius 1 is 0.737 bits per heavy atom. The number of carbonyl (C=O) groups is 4. The van der Waals surface area contributed by atoms with E-state index < -0.39 is 48.9 Å². The van der Waals surface area contributed by atoms with Crippen LogP contribution in [0.4, 0.5) is 0 Å². The number of aliphatic hydroxyl groups is 2. The Kier molecular flexibility index (Phi) is 12.7. The Hall–Kier alpha value is -2.20. The van der Waals surface area contributed by atoms with E-state index >= 15 is 0 Å².